The molecule has 0 saturated carbocycles. The van der Waals surface area contributed by atoms with E-state index in [0.29, 0.717) is 10.4 Å². The quantitative estimate of drug-likeness (QED) is 0.551. The van der Waals surface area contributed by atoms with Gasteiger partial charge in [0.2, 0.25) is 0 Å². The fourth-order valence-electron chi connectivity index (χ4n) is 3.49. The van der Waals surface area contributed by atoms with Crippen molar-refractivity contribution in [1.29, 1.82) is 0 Å². The standard InChI is InChI=1S/C22H26FN5O2S/c1-5-18-14(2)9-19(31-18)22(30)26-25-20(29)13-27(3)21(16-11-24-28(4)12-16)15-7-6-8-17(23)10-15/h6-12,21H,5,13H2,1-4H3,(H,25,29)(H,26,30)/t21-/m1/s1. The van der Waals surface area contributed by atoms with E-state index < -0.39 is 0 Å². The number of rotatable bonds is 7. The number of benzene rings is 1. The molecule has 0 aliphatic heterocycles. The number of hydrogen-bond acceptors (Lipinski definition) is 5. The molecule has 31 heavy (non-hydrogen) atoms. The van der Waals surface area contributed by atoms with Gasteiger partial charge in [0.1, 0.15) is 5.82 Å². The van der Waals surface area contributed by atoms with Gasteiger partial charge in [0, 0.05) is 23.7 Å². The third-order valence-electron chi connectivity index (χ3n) is 4.92. The minimum Gasteiger partial charge on any atom is -0.286 e. The van der Waals surface area contributed by atoms with E-state index in [9.17, 15) is 14.0 Å². The highest BCUT2D eigenvalue weighted by atomic mass is 32.1. The van der Waals surface area contributed by atoms with Gasteiger partial charge in [-0.2, -0.15) is 5.10 Å². The molecule has 0 unspecified atom stereocenters. The Balaban J connectivity index is 1.67. The van der Waals surface area contributed by atoms with Gasteiger partial charge >= 0.3 is 0 Å². The Kier molecular flexibility index (Phi) is 7.19. The van der Waals surface area contributed by atoms with E-state index in [1.807, 2.05) is 26.1 Å². The van der Waals surface area contributed by atoms with Gasteiger partial charge in [-0.25, -0.2) is 4.39 Å². The highest BCUT2D eigenvalue weighted by Crippen LogP contribution is 2.27. The van der Waals surface area contributed by atoms with Gasteiger partial charge < -0.3 is 0 Å². The zero-order valence-corrected chi connectivity index (χ0v) is 18.8. The Morgan fingerprint density at radius 3 is 2.65 bits per heavy atom. The van der Waals surface area contributed by atoms with Crippen LogP contribution in [0.4, 0.5) is 4.39 Å². The number of hydrazine groups is 1. The predicted octanol–water partition coefficient (Wildman–Crippen LogP) is 2.97. The molecule has 0 aliphatic rings. The summed E-state index contributed by atoms with van der Waals surface area (Å²) in [5.41, 5.74) is 7.53. The normalized spacial score (nSPS) is 12.1. The number of nitrogens with one attached hydrogen (secondary N) is 2. The summed E-state index contributed by atoms with van der Waals surface area (Å²) in [5.74, 6) is -1.09. The second-order valence-electron chi connectivity index (χ2n) is 7.39. The summed E-state index contributed by atoms with van der Waals surface area (Å²) < 4.78 is 15.5. The summed E-state index contributed by atoms with van der Waals surface area (Å²) in [4.78, 5) is 28.3. The van der Waals surface area contributed by atoms with Crippen molar-refractivity contribution in [3.8, 4) is 0 Å². The number of aromatic nitrogens is 2. The van der Waals surface area contributed by atoms with E-state index in [-0.39, 0.29) is 30.2 Å². The monoisotopic (exact) mass is 443 g/mol. The van der Waals surface area contributed by atoms with Crippen molar-refractivity contribution in [1.82, 2.24) is 25.5 Å². The maximum atomic E-state index is 13.8. The first-order valence-corrected chi connectivity index (χ1v) is 10.7. The first-order chi connectivity index (χ1) is 14.8. The van der Waals surface area contributed by atoms with Crippen LogP contribution in [0, 0.1) is 12.7 Å². The van der Waals surface area contributed by atoms with Crippen LogP contribution in [0.5, 0.6) is 0 Å². The zero-order chi connectivity index (χ0) is 22.5. The molecule has 2 N–H and O–H groups in total. The van der Waals surface area contributed by atoms with E-state index in [2.05, 4.69) is 16.0 Å². The van der Waals surface area contributed by atoms with Gasteiger partial charge in [-0.3, -0.25) is 30.0 Å². The number of amides is 2. The van der Waals surface area contributed by atoms with Crippen LogP contribution in [-0.4, -0.2) is 40.1 Å². The third kappa shape index (κ3) is 5.56. The van der Waals surface area contributed by atoms with Crippen molar-refractivity contribution in [3.63, 3.8) is 0 Å². The van der Waals surface area contributed by atoms with E-state index in [1.165, 1.54) is 23.5 Å². The molecular weight excluding hydrogens is 417 g/mol. The fraction of sp³-hybridized carbons (Fsp3) is 0.318. The molecule has 9 heteroatoms. The van der Waals surface area contributed by atoms with Crippen molar-refractivity contribution < 1.29 is 14.0 Å². The number of carbonyl (C=O) groups is 2. The van der Waals surface area contributed by atoms with Crippen LogP contribution in [0.3, 0.4) is 0 Å². The highest BCUT2D eigenvalue weighted by Gasteiger charge is 2.23. The molecule has 2 amide bonds. The van der Waals surface area contributed by atoms with Crippen molar-refractivity contribution in [2.45, 2.75) is 26.3 Å². The molecule has 0 radical (unpaired) electrons. The van der Waals surface area contributed by atoms with Gasteiger partial charge in [-0.1, -0.05) is 19.1 Å². The number of aryl methyl sites for hydroxylation is 3. The molecule has 0 bridgehead atoms. The van der Waals surface area contributed by atoms with Gasteiger partial charge in [0.25, 0.3) is 11.8 Å². The van der Waals surface area contributed by atoms with Crippen molar-refractivity contribution >= 4 is 23.2 Å². The number of likely N-dealkylation sites (N-methyl/N-ethyl adjacent to an activating group) is 1. The summed E-state index contributed by atoms with van der Waals surface area (Å²) >= 11 is 1.42. The number of hydrogen-bond donors (Lipinski definition) is 2. The Morgan fingerprint density at radius 2 is 2.03 bits per heavy atom. The minimum atomic E-state index is -0.384. The first kappa shape index (κ1) is 22.6. The maximum Gasteiger partial charge on any atom is 0.279 e. The van der Waals surface area contributed by atoms with Crippen LogP contribution in [0.2, 0.25) is 0 Å². The Labute approximate surface area is 184 Å². The molecule has 3 rings (SSSR count). The van der Waals surface area contributed by atoms with Gasteiger partial charge in [-0.15, -0.1) is 11.3 Å². The third-order valence-corrected chi connectivity index (χ3v) is 6.30. The molecule has 2 heterocycles. The van der Waals surface area contributed by atoms with Crippen molar-refractivity contribution in [3.05, 3.63) is 75.0 Å². The van der Waals surface area contributed by atoms with Crippen molar-refractivity contribution in [2.75, 3.05) is 13.6 Å². The molecule has 164 valence electrons. The van der Waals surface area contributed by atoms with E-state index in [4.69, 9.17) is 0 Å². The Bertz CT molecular complexity index is 1080. The molecule has 0 saturated heterocycles. The molecule has 0 fully saturated rings. The van der Waals surface area contributed by atoms with Crippen molar-refractivity contribution in [2.24, 2.45) is 7.05 Å². The van der Waals surface area contributed by atoms with Crippen LogP contribution in [0.1, 0.15) is 44.2 Å². The lowest BCUT2D eigenvalue weighted by molar-refractivity contribution is -0.123. The molecule has 3 aromatic rings. The van der Waals surface area contributed by atoms with Crippen LogP contribution in [-0.2, 0) is 18.3 Å². The summed E-state index contributed by atoms with van der Waals surface area (Å²) in [6, 6.07) is 7.70. The van der Waals surface area contributed by atoms with E-state index >= 15 is 0 Å². The molecular formula is C22H26FN5O2S. The number of halogens is 1. The second-order valence-corrected chi connectivity index (χ2v) is 8.53. The molecule has 2 aromatic heterocycles. The van der Waals surface area contributed by atoms with Gasteiger partial charge in [0.15, 0.2) is 0 Å². The fourth-order valence-corrected chi connectivity index (χ4v) is 4.50. The lowest BCUT2D eigenvalue weighted by atomic mass is 10.00. The predicted molar refractivity (Wildman–Crippen MR) is 118 cm³/mol. The van der Waals surface area contributed by atoms with E-state index in [1.54, 1.807) is 42.0 Å². The highest BCUT2D eigenvalue weighted by molar-refractivity contribution is 7.14. The van der Waals surface area contributed by atoms with Crippen LogP contribution in [0.25, 0.3) is 0 Å². The SMILES string of the molecule is CCc1sc(C(=O)NNC(=O)CN(C)[C@H](c2cccc(F)c2)c2cnn(C)c2)cc1C. The smallest absolute Gasteiger partial charge is 0.279 e. The number of thiophene rings is 1. The zero-order valence-electron chi connectivity index (χ0n) is 18.0. The summed E-state index contributed by atoms with van der Waals surface area (Å²) in [6.45, 7) is 3.99. The topological polar surface area (TPSA) is 79.3 Å². The van der Waals surface area contributed by atoms with Crippen LogP contribution in [0.15, 0.2) is 42.7 Å². The summed E-state index contributed by atoms with van der Waals surface area (Å²) in [5, 5.41) is 4.20. The van der Waals surface area contributed by atoms with Gasteiger partial charge in [-0.05, 0) is 49.7 Å². The molecule has 0 spiro atoms. The lowest BCUT2D eigenvalue weighted by Crippen LogP contribution is -2.46. The molecule has 1 aromatic carbocycles. The average molecular weight is 444 g/mol. The van der Waals surface area contributed by atoms with Crippen LogP contribution < -0.4 is 10.9 Å². The van der Waals surface area contributed by atoms with E-state index in [0.717, 1.165) is 22.4 Å². The summed E-state index contributed by atoms with van der Waals surface area (Å²) in [6.07, 6.45) is 4.38. The molecule has 1 atom stereocenters. The van der Waals surface area contributed by atoms with Crippen LogP contribution >= 0.6 is 11.3 Å². The average Bonchev–Trinajstić information content (AvgIpc) is 3.31. The summed E-state index contributed by atoms with van der Waals surface area (Å²) in [7, 11) is 3.56. The largest absolute Gasteiger partial charge is 0.286 e. The number of carbonyl (C=O) groups excluding carboxylic acids is 2. The Morgan fingerprint density at radius 1 is 1.26 bits per heavy atom. The lowest BCUT2D eigenvalue weighted by Gasteiger charge is -2.27. The Hall–Kier alpha value is -3.04. The molecule has 7 nitrogen and oxygen atoms in total. The first-order valence-electron chi connectivity index (χ1n) is 9.91. The number of nitrogens with zero attached hydrogens (tertiary/aromatic N) is 3. The maximum absolute atomic E-state index is 13.8. The second kappa shape index (κ2) is 9.84. The molecule has 0 aliphatic carbocycles. The minimum absolute atomic E-state index is 0.0139. The van der Waals surface area contributed by atoms with Gasteiger partial charge in [0.05, 0.1) is 23.7 Å².